The minimum atomic E-state index is 0.553. The molecule has 0 bridgehead atoms. The van der Waals surface area contributed by atoms with Crippen LogP contribution in [0.1, 0.15) is 0 Å². The lowest BCUT2D eigenvalue weighted by Crippen LogP contribution is -2.51. The van der Waals surface area contributed by atoms with E-state index in [2.05, 4.69) is 39.9 Å². The number of pyridine rings is 1. The highest BCUT2D eigenvalue weighted by atomic mass is 15.1. The maximum absolute atomic E-state index is 4.41. The van der Waals surface area contributed by atoms with Crippen molar-refractivity contribution in [2.75, 3.05) is 18.4 Å². The molecule has 1 aromatic carbocycles. The first-order valence-corrected chi connectivity index (χ1v) is 5.24. The number of rotatable bonds is 2. The molecule has 0 saturated carbocycles. The second-order valence-electron chi connectivity index (χ2n) is 3.88. The number of benzene rings is 1. The second-order valence-corrected chi connectivity index (χ2v) is 3.88. The number of nitrogens with one attached hydrogen (secondary N) is 2. The summed E-state index contributed by atoms with van der Waals surface area (Å²) in [5.74, 6) is 0. The zero-order chi connectivity index (χ0) is 10.1. The van der Waals surface area contributed by atoms with Gasteiger partial charge in [-0.05, 0) is 12.1 Å². The Bertz CT molecular complexity index is 472. The van der Waals surface area contributed by atoms with E-state index < -0.39 is 0 Å². The predicted octanol–water partition coefficient (Wildman–Crippen LogP) is 1.62. The quantitative estimate of drug-likeness (QED) is 0.771. The first kappa shape index (κ1) is 8.68. The molecular formula is C12H13N3. The zero-order valence-corrected chi connectivity index (χ0v) is 8.40. The third-order valence-corrected chi connectivity index (χ3v) is 2.77. The van der Waals surface area contributed by atoms with Gasteiger partial charge < -0.3 is 10.6 Å². The normalized spacial score (nSPS) is 16.3. The van der Waals surface area contributed by atoms with Crippen LogP contribution in [0.5, 0.6) is 0 Å². The van der Waals surface area contributed by atoms with Gasteiger partial charge in [0.05, 0.1) is 17.2 Å². The highest BCUT2D eigenvalue weighted by molar-refractivity contribution is 5.90. The van der Waals surface area contributed by atoms with Crippen molar-refractivity contribution in [2.24, 2.45) is 0 Å². The van der Waals surface area contributed by atoms with Crippen molar-refractivity contribution in [3.8, 4) is 0 Å². The number of hydrogen-bond acceptors (Lipinski definition) is 3. The van der Waals surface area contributed by atoms with Crippen LogP contribution in [0, 0.1) is 0 Å². The van der Waals surface area contributed by atoms with Gasteiger partial charge in [-0.1, -0.05) is 18.2 Å². The SMILES string of the molecule is c1cnc2c(NC3CNC3)cccc2c1. The number of para-hydroxylation sites is 1. The third kappa shape index (κ3) is 1.55. The fraction of sp³-hybridized carbons (Fsp3) is 0.250. The summed E-state index contributed by atoms with van der Waals surface area (Å²) in [6, 6.07) is 10.9. The molecule has 0 unspecified atom stereocenters. The topological polar surface area (TPSA) is 37.0 Å². The smallest absolute Gasteiger partial charge is 0.0933 e. The summed E-state index contributed by atoms with van der Waals surface area (Å²) in [6.07, 6.45) is 1.84. The van der Waals surface area contributed by atoms with Crippen molar-refractivity contribution in [3.05, 3.63) is 36.5 Å². The number of anilines is 1. The van der Waals surface area contributed by atoms with Crippen LogP contribution in [0.15, 0.2) is 36.5 Å². The summed E-state index contributed by atoms with van der Waals surface area (Å²) >= 11 is 0. The summed E-state index contributed by atoms with van der Waals surface area (Å²) in [7, 11) is 0. The minimum absolute atomic E-state index is 0.553. The Hall–Kier alpha value is -1.61. The average Bonchev–Trinajstić information content (AvgIpc) is 2.23. The maximum atomic E-state index is 4.41. The van der Waals surface area contributed by atoms with Gasteiger partial charge in [0.1, 0.15) is 0 Å². The van der Waals surface area contributed by atoms with Gasteiger partial charge in [0.15, 0.2) is 0 Å². The number of hydrogen-bond donors (Lipinski definition) is 2. The molecule has 1 aromatic heterocycles. The molecule has 0 amide bonds. The van der Waals surface area contributed by atoms with Crippen LogP contribution in [-0.2, 0) is 0 Å². The molecule has 3 rings (SSSR count). The Kier molecular flexibility index (Phi) is 2.03. The van der Waals surface area contributed by atoms with E-state index >= 15 is 0 Å². The zero-order valence-electron chi connectivity index (χ0n) is 8.40. The average molecular weight is 199 g/mol. The first-order chi connectivity index (χ1) is 7.43. The van der Waals surface area contributed by atoms with Crippen molar-refractivity contribution in [2.45, 2.75) is 6.04 Å². The van der Waals surface area contributed by atoms with E-state index in [1.807, 2.05) is 12.3 Å². The van der Waals surface area contributed by atoms with Crippen molar-refractivity contribution in [3.63, 3.8) is 0 Å². The van der Waals surface area contributed by atoms with E-state index in [-0.39, 0.29) is 0 Å². The predicted molar refractivity (Wildman–Crippen MR) is 62.0 cm³/mol. The summed E-state index contributed by atoms with van der Waals surface area (Å²) in [5.41, 5.74) is 2.20. The highest BCUT2D eigenvalue weighted by Crippen LogP contribution is 2.21. The van der Waals surface area contributed by atoms with Crippen LogP contribution in [0.2, 0.25) is 0 Å². The van der Waals surface area contributed by atoms with Gasteiger partial charge in [-0.2, -0.15) is 0 Å². The van der Waals surface area contributed by atoms with E-state index in [9.17, 15) is 0 Å². The Labute approximate surface area is 88.5 Å². The molecule has 1 saturated heterocycles. The Balaban J connectivity index is 2.01. The van der Waals surface area contributed by atoms with Crippen molar-refractivity contribution in [1.82, 2.24) is 10.3 Å². The third-order valence-electron chi connectivity index (χ3n) is 2.77. The van der Waals surface area contributed by atoms with Crippen molar-refractivity contribution >= 4 is 16.6 Å². The number of nitrogens with zero attached hydrogens (tertiary/aromatic N) is 1. The van der Waals surface area contributed by atoms with Crippen LogP contribution < -0.4 is 10.6 Å². The highest BCUT2D eigenvalue weighted by Gasteiger charge is 2.16. The summed E-state index contributed by atoms with van der Waals surface area (Å²) in [6.45, 7) is 2.09. The molecule has 0 spiro atoms. The lowest BCUT2D eigenvalue weighted by atomic mass is 10.1. The first-order valence-electron chi connectivity index (χ1n) is 5.24. The van der Waals surface area contributed by atoms with E-state index in [1.165, 1.54) is 5.39 Å². The molecule has 2 heterocycles. The van der Waals surface area contributed by atoms with Gasteiger partial charge in [0.2, 0.25) is 0 Å². The van der Waals surface area contributed by atoms with E-state index in [1.54, 1.807) is 0 Å². The standard InChI is InChI=1S/C12H13N3/c1-3-9-4-2-6-14-12(9)11(5-1)15-10-7-13-8-10/h1-6,10,13,15H,7-8H2. The van der Waals surface area contributed by atoms with Crippen LogP contribution in [0.4, 0.5) is 5.69 Å². The molecule has 0 aliphatic carbocycles. The fourth-order valence-electron chi connectivity index (χ4n) is 1.83. The summed E-state index contributed by atoms with van der Waals surface area (Å²) in [4.78, 5) is 4.41. The number of aromatic nitrogens is 1. The van der Waals surface area contributed by atoms with Crippen LogP contribution in [0.3, 0.4) is 0 Å². The molecule has 2 aromatic rings. The summed E-state index contributed by atoms with van der Waals surface area (Å²) < 4.78 is 0. The van der Waals surface area contributed by atoms with Gasteiger partial charge in [-0.3, -0.25) is 4.98 Å². The maximum Gasteiger partial charge on any atom is 0.0933 e. The summed E-state index contributed by atoms with van der Waals surface area (Å²) in [5, 5.41) is 7.93. The molecule has 1 aliphatic rings. The van der Waals surface area contributed by atoms with Crippen molar-refractivity contribution in [1.29, 1.82) is 0 Å². The van der Waals surface area contributed by atoms with Crippen molar-refractivity contribution < 1.29 is 0 Å². The van der Waals surface area contributed by atoms with Gasteiger partial charge in [-0.25, -0.2) is 0 Å². The largest absolute Gasteiger partial charge is 0.378 e. The molecular weight excluding hydrogens is 186 g/mol. The molecule has 3 nitrogen and oxygen atoms in total. The van der Waals surface area contributed by atoms with Gasteiger partial charge >= 0.3 is 0 Å². The molecule has 3 heteroatoms. The Morgan fingerprint density at radius 3 is 2.87 bits per heavy atom. The number of fused-ring (bicyclic) bond motifs is 1. The second kappa shape index (κ2) is 3.51. The van der Waals surface area contributed by atoms with Crippen LogP contribution in [-0.4, -0.2) is 24.1 Å². The molecule has 15 heavy (non-hydrogen) atoms. The van der Waals surface area contributed by atoms with Gasteiger partial charge in [0, 0.05) is 24.7 Å². The van der Waals surface area contributed by atoms with Crippen LogP contribution >= 0.6 is 0 Å². The van der Waals surface area contributed by atoms with E-state index in [4.69, 9.17) is 0 Å². The lowest BCUT2D eigenvalue weighted by molar-refractivity contribution is 0.472. The lowest BCUT2D eigenvalue weighted by Gasteiger charge is -2.29. The van der Waals surface area contributed by atoms with E-state index in [0.717, 1.165) is 24.3 Å². The monoisotopic (exact) mass is 199 g/mol. The van der Waals surface area contributed by atoms with Gasteiger partial charge in [0.25, 0.3) is 0 Å². The van der Waals surface area contributed by atoms with Gasteiger partial charge in [-0.15, -0.1) is 0 Å². The fourth-order valence-corrected chi connectivity index (χ4v) is 1.83. The molecule has 76 valence electrons. The Morgan fingerprint density at radius 1 is 1.20 bits per heavy atom. The minimum Gasteiger partial charge on any atom is -0.378 e. The molecule has 1 fully saturated rings. The molecule has 1 aliphatic heterocycles. The Morgan fingerprint density at radius 2 is 2.07 bits per heavy atom. The molecule has 2 N–H and O–H groups in total. The molecule has 0 radical (unpaired) electrons. The molecule has 0 atom stereocenters. The van der Waals surface area contributed by atoms with E-state index in [0.29, 0.717) is 6.04 Å². The van der Waals surface area contributed by atoms with Crippen LogP contribution in [0.25, 0.3) is 10.9 Å².